The molecule has 0 heterocycles. The van der Waals surface area contributed by atoms with Crippen LogP contribution in [0.25, 0.3) is 0 Å². The van der Waals surface area contributed by atoms with Crippen molar-refractivity contribution in [1.82, 2.24) is 5.32 Å². The molecule has 0 fully saturated rings. The van der Waals surface area contributed by atoms with Gasteiger partial charge in [-0.2, -0.15) is 0 Å². The summed E-state index contributed by atoms with van der Waals surface area (Å²) in [4.78, 5) is 22.9. The molecule has 0 radical (unpaired) electrons. The summed E-state index contributed by atoms with van der Waals surface area (Å²) >= 11 is 0. The molecule has 1 atom stereocenters. The second-order valence-electron chi connectivity index (χ2n) is 4.01. The first-order valence-electron chi connectivity index (χ1n) is 5.92. The molecule has 0 saturated heterocycles. The van der Waals surface area contributed by atoms with Crippen LogP contribution in [0.3, 0.4) is 0 Å². The SMILES string of the molecule is C=CCCC(NC(=O)C(CC=C)CC=C)C(=O)O. The van der Waals surface area contributed by atoms with Gasteiger partial charge >= 0.3 is 5.97 Å². The predicted octanol–water partition coefficient (Wildman–Crippen LogP) is 2.29. The van der Waals surface area contributed by atoms with Crippen molar-refractivity contribution in [3.63, 3.8) is 0 Å². The average Bonchev–Trinajstić information content (AvgIpc) is 2.33. The van der Waals surface area contributed by atoms with Gasteiger partial charge in [-0.25, -0.2) is 4.79 Å². The lowest BCUT2D eigenvalue weighted by Gasteiger charge is -2.18. The number of rotatable bonds is 10. The lowest BCUT2D eigenvalue weighted by Crippen LogP contribution is -2.43. The highest BCUT2D eigenvalue weighted by atomic mass is 16.4. The maximum Gasteiger partial charge on any atom is 0.326 e. The third kappa shape index (κ3) is 6.03. The zero-order chi connectivity index (χ0) is 14.0. The summed E-state index contributed by atoms with van der Waals surface area (Å²) in [5.74, 6) is -1.60. The normalized spacial score (nSPS) is 11.6. The van der Waals surface area contributed by atoms with Crippen LogP contribution in [0.2, 0.25) is 0 Å². The number of carboxylic acids is 1. The number of carbonyl (C=O) groups is 2. The molecule has 0 rings (SSSR count). The summed E-state index contributed by atoms with van der Waals surface area (Å²) in [7, 11) is 0. The smallest absolute Gasteiger partial charge is 0.326 e. The summed E-state index contributed by atoms with van der Waals surface area (Å²) in [5, 5.41) is 11.5. The number of aliphatic carboxylic acids is 1. The number of amides is 1. The summed E-state index contributed by atoms with van der Waals surface area (Å²) in [6.07, 6.45) is 6.83. The van der Waals surface area contributed by atoms with Gasteiger partial charge in [-0.05, 0) is 25.7 Å². The molecule has 0 aromatic carbocycles. The number of carboxylic acid groups (broad SMARTS) is 1. The van der Waals surface area contributed by atoms with Gasteiger partial charge in [0.1, 0.15) is 6.04 Å². The van der Waals surface area contributed by atoms with E-state index in [4.69, 9.17) is 5.11 Å². The minimum absolute atomic E-state index is 0.272. The van der Waals surface area contributed by atoms with Gasteiger partial charge in [-0.15, -0.1) is 19.7 Å². The third-order valence-corrected chi connectivity index (χ3v) is 2.55. The molecule has 18 heavy (non-hydrogen) atoms. The van der Waals surface area contributed by atoms with Gasteiger partial charge in [0.25, 0.3) is 0 Å². The van der Waals surface area contributed by atoms with E-state index in [9.17, 15) is 9.59 Å². The molecule has 0 bridgehead atoms. The highest BCUT2D eigenvalue weighted by Crippen LogP contribution is 2.11. The van der Waals surface area contributed by atoms with Crippen LogP contribution < -0.4 is 5.32 Å². The Morgan fingerprint density at radius 3 is 2.06 bits per heavy atom. The van der Waals surface area contributed by atoms with E-state index in [-0.39, 0.29) is 11.8 Å². The second-order valence-corrected chi connectivity index (χ2v) is 4.01. The van der Waals surface area contributed by atoms with Crippen LogP contribution in [0.15, 0.2) is 38.0 Å². The third-order valence-electron chi connectivity index (χ3n) is 2.55. The van der Waals surface area contributed by atoms with E-state index in [1.165, 1.54) is 0 Å². The lowest BCUT2D eigenvalue weighted by atomic mass is 9.99. The molecule has 0 aromatic heterocycles. The van der Waals surface area contributed by atoms with Crippen molar-refractivity contribution in [2.24, 2.45) is 5.92 Å². The van der Waals surface area contributed by atoms with E-state index >= 15 is 0 Å². The van der Waals surface area contributed by atoms with E-state index in [0.717, 1.165) is 0 Å². The maximum atomic E-state index is 11.9. The van der Waals surface area contributed by atoms with Crippen molar-refractivity contribution in [3.8, 4) is 0 Å². The number of carbonyl (C=O) groups excluding carboxylic acids is 1. The minimum Gasteiger partial charge on any atom is -0.480 e. The Kier molecular flexibility index (Phi) is 8.27. The Balaban J connectivity index is 4.52. The number of hydrogen-bond acceptors (Lipinski definition) is 2. The Morgan fingerprint density at radius 1 is 1.11 bits per heavy atom. The highest BCUT2D eigenvalue weighted by Gasteiger charge is 2.23. The molecular weight excluding hydrogens is 230 g/mol. The van der Waals surface area contributed by atoms with Crippen LogP contribution in [0.1, 0.15) is 25.7 Å². The molecule has 100 valence electrons. The molecule has 0 aliphatic rings. The minimum atomic E-state index is -1.03. The molecule has 0 aliphatic carbocycles. The number of nitrogens with one attached hydrogen (secondary N) is 1. The van der Waals surface area contributed by atoms with Crippen LogP contribution in [-0.2, 0) is 9.59 Å². The monoisotopic (exact) mass is 251 g/mol. The molecule has 2 N–H and O–H groups in total. The first-order chi connectivity index (χ1) is 8.56. The molecule has 1 unspecified atom stereocenters. The fraction of sp³-hybridized carbons (Fsp3) is 0.429. The van der Waals surface area contributed by atoms with Gasteiger partial charge in [0.15, 0.2) is 0 Å². The van der Waals surface area contributed by atoms with Crippen molar-refractivity contribution in [2.75, 3.05) is 0 Å². The van der Waals surface area contributed by atoms with Crippen molar-refractivity contribution in [3.05, 3.63) is 38.0 Å². The largest absolute Gasteiger partial charge is 0.480 e. The van der Waals surface area contributed by atoms with Crippen molar-refractivity contribution in [2.45, 2.75) is 31.7 Å². The summed E-state index contributed by atoms with van der Waals surface area (Å²) < 4.78 is 0. The molecule has 1 amide bonds. The van der Waals surface area contributed by atoms with E-state index in [0.29, 0.717) is 25.7 Å². The zero-order valence-corrected chi connectivity index (χ0v) is 10.6. The molecule has 0 saturated carbocycles. The number of hydrogen-bond donors (Lipinski definition) is 2. The Bertz CT molecular complexity index is 313. The molecule has 0 aliphatic heterocycles. The van der Waals surface area contributed by atoms with Crippen LogP contribution in [0.5, 0.6) is 0 Å². The lowest BCUT2D eigenvalue weighted by molar-refractivity contribution is -0.142. The second kappa shape index (κ2) is 9.22. The van der Waals surface area contributed by atoms with Gasteiger partial charge in [-0.1, -0.05) is 18.2 Å². The zero-order valence-electron chi connectivity index (χ0n) is 10.6. The molecule has 0 aromatic rings. The van der Waals surface area contributed by atoms with Crippen molar-refractivity contribution in [1.29, 1.82) is 0 Å². The molecule has 4 heteroatoms. The van der Waals surface area contributed by atoms with Crippen molar-refractivity contribution < 1.29 is 14.7 Å². The molecule has 4 nitrogen and oxygen atoms in total. The van der Waals surface area contributed by atoms with E-state index < -0.39 is 12.0 Å². The molecular formula is C14H21NO3. The average molecular weight is 251 g/mol. The Labute approximate surface area is 108 Å². The van der Waals surface area contributed by atoms with Gasteiger partial charge in [0, 0.05) is 5.92 Å². The van der Waals surface area contributed by atoms with E-state index in [1.807, 2.05) is 0 Å². The predicted molar refractivity (Wildman–Crippen MR) is 72.1 cm³/mol. The fourth-order valence-corrected chi connectivity index (χ4v) is 1.54. The fourth-order valence-electron chi connectivity index (χ4n) is 1.54. The highest BCUT2D eigenvalue weighted by molar-refractivity contribution is 5.85. The molecule has 0 spiro atoms. The van der Waals surface area contributed by atoms with Gasteiger partial charge in [-0.3, -0.25) is 4.79 Å². The summed E-state index contributed by atoms with van der Waals surface area (Å²) in [6, 6.07) is -0.868. The van der Waals surface area contributed by atoms with Crippen molar-refractivity contribution >= 4 is 11.9 Å². The van der Waals surface area contributed by atoms with Crippen LogP contribution in [-0.4, -0.2) is 23.0 Å². The number of allylic oxidation sites excluding steroid dienone is 3. The first kappa shape index (κ1) is 16.2. The standard InChI is InChI=1S/C14H21NO3/c1-4-7-10-12(14(17)18)15-13(16)11(8-5-2)9-6-3/h4-6,11-12H,1-3,7-10H2,(H,15,16)(H,17,18). The van der Waals surface area contributed by atoms with E-state index in [1.54, 1.807) is 18.2 Å². The Hall–Kier alpha value is -1.84. The topological polar surface area (TPSA) is 66.4 Å². The maximum absolute atomic E-state index is 11.9. The van der Waals surface area contributed by atoms with Gasteiger partial charge < -0.3 is 10.4 Å². The van der Waals surface area contributed by atoms with Crippen LogP contribution in [0.4, 0.5) is 0 Å². The van der Waals surface area contributed by atoms with Crippen LogP contribution >= 0.6 is 0 Å². The quantitative estimate of drug-likeness (QED) is 0.585. The van der Waals surface area contributed by atoms with Gasteiger partial charge in [0.05, 0.1) is 0 Å². The summed E-state index contributed by atoms with van der Waals surface area (Å²) in [6.45, 7) is 10.7. The Morgan fingerprint density at radius 2 is 1.67 bits per heavy atom. The van der Waals surface area contributed by atoms with E-state index in [2.05, 4.69) is 25.1 Å². The van der Waals surface area contributed by atoms with Gasteiger partial charge in [0.2, 0.25) is 5.91 Å². The first-order valence-corrected chi connectivity index (χ1v) is 5.92. The van der Waals surface area contributed by atoms with Crippen LogP contribution in [0, 0.1) is 5.92 Å². The summed E-state index contributed by atoms with van der Waals surface area (Å²) in [5.41, 5.74) is 0.